The lowest BCUT2D eigenvalue weighted by molar-refractivity contribution is 0.0523. The maximum atomic E-state index is 6.21. The van der Waals surface area contributed by atoms with Gasteiger partial charge in [0, 0.05) is 29.9 Å². The number of hydrogen-bond donors (Lipinski definition) is 2. The van der Waals surface area contributed by atoms with Gasteiger partial charge in [-0.15, -0.1) is 24.0 Å². The second kappa shape index (κ2) is 10.8. The molecule has 1 saturated heterocycles. The molecule has 0 unspecified atom stereocenters. The van der Waals surface area contributed by atoms with Crippen LogP contribution in [-0.2, 0) is 16.6 Å². The Morgan fingerprint density at radius 1 is 1.17 bits per heavy atom. The van der Waals surface area contributed by atoms with Gasteiger partial charge >= 0.3 is 0 Å². The van der Waals surface area contributed by atoms with Crippen LogP contribution in [0.2, 0.25) is 0 Å². The highest BCUT2D eigenvalue weighted by Gasteiger charge is 2.37. The highest BCUT2D eigenvalue weighted by atomic mass is 127. The van der Waals surface area contributed by atoms with Crippen molar-refractivity contribution in [2.24, 2.45) is 10.7 Å². The molecule has 5 nitrogen and oxygen atoms in total. The van der Waals surface area contributed by atoms with Crippen molar-refractivity contribution < 1.29 is 9.47 Å². The molecule has 0 bridgehead atoms. The maximum Gasteiger partial charge on any atom is 0.193 e. The number of nitrogens with two attached hydrogens (primary N) is 1. The number of rotatable bonds is 6. The van der Waals surface area contributed by atoms with Gasteiger partial charge in [-0.05, 0) is 49.9 Å². The van der Waals surface area contributed by atoms with Gasteiger partial charge in [0.25, 0.3) is 0 Å². The van der Waals surface area contributed by atoms with Gasteiger partial charge in [0.15, 0.2) is 5.96 Å². The van der Waals surface area contributed by atoms with Crippen LogP contribution in [0.15, 0.2) is 47.5 Å². The van der Waals surface area contributed by atoms with Crippen molar-refractivity contribution in [3.05, 3.63) is 59.2 Å². The Morgan fingerprint density at radius 2 is 1.86 bits per heavy atom. The number of aryl methyl sites for hydroxylation is 2. The predicted molar refractivity (Wildman–Crippen MR) is 131 cm³/mol. The third kappa shape index (κ3) is 5.85. The van der Waals surface area contributed by atoms with Crippen LogP contribution in [-0.4, -0.2) is 32.8 Å². The third-order valence-corrected chi connectivity index (χ3v) is 5.56. The van der Waals surface area contributed by atoms with Crippen molar-refractivity contribution in [1.29, 1.82) is 0 Å². The number of guanidine groups is 1. The fourth-order valence-corrected chi connectivity index (χ4v) is 3.76. The van der Waals surface area contributed by atoms with Crippen molar-refractivity contribution in [2.45, 2.75) is 38.5 Å². The van der Waals surface area contributed by atoms with E-state index < -0.39 is 0 Å². The summed E-state index contributed by atoms with van der Waals surface area (Å²) in [6.07, 6.45) is 2.82. The van der Waals surface area contributed by atoms with E-state index in [1.54, 1.807) is 7.11 Å². The minimum atomic E-state index is -0.131. The summed E-state index contributed by atoms with van der Waals surface area (Å²) in [4.78, 5) is 4.71. The smallest absolute Gasteiger partial charge is 0.193 e. The molecule has 0 saturated carbocycles. The summed E-state index contributed by atoms with van der Waals surface area (Å²) in [5, 5.41) is 3.21. The SMILES string of the molecule is CCc1ccc(NC(N)=NCC2(c3cc(C)ccc3OC)CCOCC2)cc1.I. The zero-order valence-corrected chi connectivity index (χ0v) is 19.9. The molecule has 0 spiro atoms. The fraction of sp³-hybridized carbons (Fsp3) is 0.435. The number of anilines is 1. The molecule has 3 rings (SSSR count). The minimum Gasteiger partial charge on any atom is -0.496 e. The van der Waals surface area contributed by atoms with Crippen LogP contribution in [0.5, 0.6) is 5.75 Å². The quantitative estimate of drug-likeness (QED) is 0.338. The summed E-state index contributed by atoms with van der Waals surface area (Å²) >= 11 is 0. The lowest BCUT2D eigenvalue weighted by Gasteiger charge is -2.37. The summed E-state index contributed by atoms with van der Waals surface area (Å²) < 4.78 is 11.3. The third-order valence-electron chi connectivity index (χ3n) is 5.56. The number of halogens is 1. The van der Waals surface area contributed by atoms with Gasteiger partial charge in [0.05, 0.1) is 13.7 Å². The molecular weight excluding hydrogens is 477 g/mol. The van der Waals surface area contributed by atoms with E-state index in [0.717, 1.165) is 43.9 Å². The first-order valence-corrected chi connectivity index (χ1v) is 9.95. The van der Waals surface area contributed by atoms with Gasteiger partial charge < -0.3 is 20.5 Å². The van der Waals surface area contributed by atoms with Crippen molar-refractivity contribution >= 4 is 35.6 Å². The lowest BCUT2D eigenvalue weighted by atomic mass is 9.73. The molecule has 29 heavy (non-hydrogen) atoms. The van der Waals surface area contributed by atoms with Crippen LogP contribution in [0.4, 0.5) is 5.69 Å². The van der Waals surface area contributed by atoms with Gasteiger partial charge in [-0.3, -0.25) is 4.99 Å². The second-order valence-electron chi connectivity index (χ2n) is 7.47. The van der Waals surface area contributed by atoms with Crippen molar-refractivity contribution in [1.82, 2.24) is 0 Å². The van der Waals surface area contributed by atoms with Gasteiger partial charge in [-0.1, -0.05) is 36.8 Å². The Hall–Kier alpha value is -1.80. The first-order chi connectivity index (χ1) is 13.6. The van der Waals surface area contributed by atoms with E-state index in [2.05, 4.69) is 43.4 Å². The summed E-state index contributed by atoms with van der Waals surface area (Å²) in [6, 6.07) is 14.6. The normalized spacial score (nSPS) is 16.0. The molecule has 0 aromatic heterocycles. The van der Waals surface area contributed by atoms with Crippen LogP contribution < -0.4 is 15.8 Å². The molecule has 1 aliphatic heterocycles. The highest BCUT2D eigenvalue weighted by molar-refractivity contribution is 14.0. The van der Waals surface area contributed by atoms with Crippen LogP contribution in [0.3, 0.4) is 0 Å². The molecule has 1 fully saturated rings. The van der Waals surface area contributed by atoms with Crippen LogP contribution in [0, 0.1) is 6.92 Å². The molecule has 0 atom stereocenters. The van der Waals surface area contributed by atoms with Crippen LogP contribution in [0.25, 0.3) is 0 Å². The molecule has 2 aromatic carbocycles. The molecule has 1 aliphatic rings. The van der Waals surface area contributed by atoms with E-state index >= 15 is 0 Å². The molecule has 6 heteroatoms. The summed E-state index contributed by atoms with van der Waals surface area (Å²) in [5.41, 5.74) is 10.7. The molecule has 158 valence electrons. The fourth-order valence-electron chi connectivity index (χ4n) is 3.76. The first-order valence-electron chi connectivity index (χ1n) is 9.95. The Morgan fingerprint density at radius 3 is 2.48 bits per heavy atom. The molecule has 0 amide bonds. The number of benzene rings is 2. The number of nitrogens with zero attached hydrogens (tertiary/aromatic N) is 1. The molecule has 1 heterocycles. The molecule has 0 aliphatic carbocycles. The average molecular weight is 509 g/mol. The summed E-state index contributed by atoms with van der Waals surface area (Å²) in [6.45, 7) is 6.29. The van der Waals surface area contributed by atoms with Gasteiger partial charge in [0.2, 0.25) is 0 Å². The summed E-state index contributed by atoms with van der Waals surface area (Å²) in [5.74, 6) is 1.34. The molecule has 3 N–H and O–H groups in total. The Bertz CT molecular complexity index is 815. The van der Waals surface area contributed by atoms with Crippen molar-refractivity contribution in [3.63, 3.8) is 0 Å². The summed E-state index contributed by atoms with van der Waals surface area (Å²) in [7, 11) is 1.72. The zero-order chi connectivity index (χ0) is 20.0. The standard InChI is InChI=1S/C23H31N3O2.HI/c1-4-18-6-8-19(9-7-18)26-22(24)25-16-23(11-13-28-14-12-23)20-15-17(2)5-10-21(20)27-3;/h5-10,15H,4,11-14,16H2,1-3H3,(H3,24,25,26);1H. The second-order valence-corrected chi connectivity index (χ2v) is 7.47. The predicted octanol–water partition coefficient (Wildman–Crippen LogP) is 4.66. The maximum absolute atomic E-state index is 6.21. The monoisotopic (exact) mass is 509 g/mol. The zero-order valence-electron chi connectivity index (χ0n) is 17.5. The average Bonchev–Trinajstić information content (AvgIpc) is 2.73. The number of nitrogens with one attached hydrogen (secondary N) is 1. The van der Waals surface area contributed by atoms with Gasteiger partial charge in [0.1, 0.15) is 5.75 Å². The Labute approximate surface area is 191 Å². The molecular formula is C23H32IN3O2. The largest absolute Gasteiger partial charge is 0.496 e. The number of aliphatic imine (C=N–C) groups is 1. The van der Waals surface area contributed by atoms with Gasteiger partial charge in [-0.25, -0.2) is 0 Å². The Balaban J connectivity index is 0.00000300. The Kier molecular flexibility index (Phi) is 8.77. The van der Waals surface area contributed by atoms with Crippen molar-refractivity contribution in [3.8, 4) is 5.75 Å². The van der Waals surface area contributed by atoms with E-state index in [4.69, 9.17) is 20.2 Å². The minimum absolute atomic E-state index is 0. The first kappa shape index (κ1) is 23.5. The van der Waals surface area contributed by atoms with Crippen LogP contribution >= 0.6 is 24.0 Å². The molecule has 2 aromatic rings. The van der Waals surface area contributed by atoms with Gasteiger partial charge in [-0.2, -0.15) is 0 Å². The highest BCUT2D eigenvalue weighted by Crippen LogP contribution is 2.40. The van der Waals surface area contributed by atoms with E-state index in [0.29, 0.717) is 12.5 Å². The molecule has 0 radical (unpaired) electrons. The number of hydrogen-bond acceptors (Lipinski definition) is 3. The van der Waals surface area contributed by atoms with Crippen LogP contribution in [0.1, 0.15) is 36.5 Å². The van der Waals surface area contributed by atoms with E-state index in [1.165, 1.54) is 16.7 Å². The van der Waals surface area contributed by atoms with E-state index in [1.807, 2.05) is 18.2 Å². The van der Waals surface area contributed by atoms with E-state index in [9.17, 15) is 0 Å². The number of ether oxygens (including phenoxy) is 2. The van der Waals surface area contributed by atoms with E-state index in [-0.39, 0.29) is 29.4 Å². The topological polar surface area (TPSA) is 68.9 Å². The number of methoxy groups -OCH3 is 1. The lowest BCUT2D eigenvalue weighted by Crippen LogP contribution is -2.38. The van der Waals surface area contributed by atoms with Crippen molar-refractivity contribution in [2.75, 3.05) is 32.2 Å².